The number of rotatable bonds is 2. The maximum absolute atomic E-state index is 4.53. The molecular weight excluding hydrogens is 262 g/mol. The topological polar surface area (TPSA) is 34.1 Å². The monoisotopic (exact) mass is 293 g/mol. The van der Waals surface area contributed by atoms with Crippen molar-refractivity contribution in [3.8, 4) is 0 Å². The van der Waals surface area contributed by atoms with E-state index in [2.05, 4.69) is 38.9 Å². The van der Waals surface area contributed by atoms with Gasteiger partial charge in [-0.1, -0.05) is 13.8 Å². The molecular formula is C16H31N5. The van der Waals surface area contributed by atoms with Gasteiger partial charge in [0, 0.05) is 65.4 Å². The number of piperazine rings is 3. The first kappa shape index (κ1) is 15.1. The Balaban J connectivity index is 1.53. The van der Waals surface area contributed by atoms with E-state index in [0.29, 0.717) is 6.04 Å². The Morgan fingerprint density at radius 3 is 2.24 bits per heavy atom. The van der Waals surface area contributed by atoms with Crippen LogP contribution in [-0.2, 0) is 0 Å². The molecule has 21 heavy (non-hydrogen) atoms. The van der Waals surface area contributed by atoms with Gasteiger partial charge in [0.05, 0.1) is 0 Å². The van der Waals surface area contributed by atoms with Crippen LogP contribution < -0.4 is 5.32 Å². The summed E-state index contributed by atoms with van der Waals surface area (Å²) >= 11 is 0. The van der Waals surface area contributed by atoms with Crippen LogP contribution in [0.25, 0.3) is 0 Å². The van der Waals surface area contributed by atoms with E-state index in [1.165, 1.54) is 39.1 Å². The van der Waals surface area contributed by atoms with E-state index in [1.54, 1.807) is 0 Å². The van der Waals surface area contributed by atoms with Gasteiger partial charge in [-0.2, -0.15) is 0 Å². The number of nitrogens with one attached hydrogen (secondary N) is 1. The molecule has 5 heteroatoms. The summed E-state index contributed by atoms with van der Waals surface area (Å²) in [5, 5.41) is 3.64. The minimum atomic E-state index is 0.656. The highest BCUT2D eigenvalue weighted by molar-refractivity contribution is 5.80. The molecule has 5 nitrogen and oxygen atoms in total. The third kappa shape index (κ3) is 3.51. The van der Waals surface area contributed by atoms with E-state index < -0.39 is 0 Å². The van der Waals surface area contributed by atoms with E-state index >= 15 is 0 Å². The number of likely N-dealkylation sites (tertiary alicyclic amines) is 1. The molecule has 0 radical (unpaired) electrons. The summed E-state index contributed by atoms with van der Waals surface area (Å²) in [4.78, 5) is 12.2. The second-order valence-corrected chi connectivity index (χ2v) is 7.27. The number of nitrogens with zero attached hydrogens (tertiary/aromatic N) is 4. The molecule has 3 atom stereocenters. The summed E-state index contributed by atoms with van der Waals surface area (Å²) < 4.78 is 0. The molecule has 4 saturated heterocycles. The Labute approximate surface area is 129 Å². The highest BCUT2D eigenvalue weighted by Gasteiger charge is 2.32. The lowest BCUT2D eigenvalue weighted by Gasteiger charge is -2.48. The molecule has 0 aliphatic carbocycles. The fraction of sp³-hybridized carbons (Fsp3) is 0.938. The maximum Gasteiger partial charge on any atom is 0.193 e. The molecule has 4 aliphatic rings. The van der Waals surface area contributed by atoms with Crippen molar-refractivity contribution in [1.29, 1.82) is 0 Å². The highest BCUT2D eigenvalue weighted by Crippen LogP contribution is 2.21. The minimum Gasteiger partial charge on any atom is -0.355 e. The van der Waals surface area contributed by atoms with Crippen molar-refractivity contribution >= 4 is 5.96 Å². The number of guanidine groups is 1. The van der Waals surface area contributed by atoms with Crippen molar-refractivity contribution < 1.29 is 0 Å². The fourth-order valence-electron chi connectivity index (χ4n) is 4.30. The van der Waals surface area contributed by atoms with Gasteiger partial charge in [0.15, 0.2) is 5.96 Å². The molecule has 1 N–H and O–H groups in total. The van der Waals surface area contributed by atoms with Gasteiger partial charge in [0.25, 0.3) is 0 Å². The quantitative estimate of drug-likeness (QED) is 0.595. The number of aliphatic imine (C=N–C) groups is 1. The summed E-state index contributed by atoms with van der Waals surface area (Å²) in [5.74, 6) is 2.65. The van der Waals surface area contributed by atoms with E-state index in [-0.39, 0.29) is 0 Å². The zero-order valence-corrected chi connectivity index (χ0v) is 13.9. The number of fused-ring (bicyclic) bond motifs is 3. The summed E-state index contributed by atoms with van der Waals surface area (Å²) in [6.45, 7) is 14.2. The van der Waals surface area contributed by atoms with Gasteiger partial charge in [0.1, 0.15) is 0 Å². The second kappa shape index (κ2) is 6.53. The van der Waals surface area contributed by atoms with Gasteiger partial charge >= 0.3 is 0 Å². The third-order valence-electron chi connectivity index (χ3n) is 5.27. The first-order valence-corrected chi connectivity index (χ1v) is 8.57. The fourth-order valence-corrected chi connectivity index (χ4v) is 4.30. The normalized spacial score (nSPS) is 40.4. The summed E-state index contributed by atoms with van der Waals surface area (Å²) in [6, 6.07) is 0.656. The lowest BCUT2D eigenvalue weighted by molar-refractivity contribution is 0.0151. The van der Waals surface area contributed by atoms with Crippen LogP contribution in [0.1, 0.15) is 20.3 Å². The van der Waals surface area contributed by atoms with Crippen molar-refractivity contribution in [1.82, 2.24) is 20.0 Å². The van der Waals surface area contributed by atoms with Crippen molar-refractivity contribution in [2.75, 3.05) is 59.4 Å². The molecule has 0 aromatic carbocycles. The number of hydrogen-bond acceptors (Lipinski definition) is 3. The van der Waals surface area contributed by atoms with Crippen molar-refractivity contribution in [3.63, 3.8) is 0 Å². The van der Waals surface area contributed by atoms with E-state index in [9.17, 15) is 0 Å². The predicted molar refractivity (Wildman–Crippen MR) is 87.7 cm³/mol. The Hall–Kier alpha value is -0.810. The first-order chi connectivity index (χ1) is 10.2. The standard InChI is InChI=1S/C16H31N5/c1-13-8-14(2)11-21(10-13)16(17-3)18-9-15-12-19-4-6-20(15)7-5-19/h13-15H,4-12H2,1-3H3,(H,17,18). The van der Waals surface area contributed by atoms with E-state index in [0.717, 1.165) is 37.4 Å². The highest BCUT2D eigenvalue weighted by atomic mass is 15.4. The van der Waals surface area contributed by atoms with E-state index in [1.807, 2.05) is 7.05 Å². The average Bonchev–Trinajstić information content (AvgIpc) is 2.48. The minimum absolute atomic E-state index is 0.656. The molecule has 0 amide bonds. The van der Waals surface area contributed by atoms with Gasteiger partial charge in [-0.15, -0.1) is 0 Å². The maximum atomic E-state index is 4.53. The van der Waals surface area contributed by atoms with E-state index in [4.69, 9.17) is 0 Å². The number of piperidine rings is 1. The molecule has 0 aromatic heterocycles. The van der Waals surface area contributed by atoms with Crippen LogP contribution in [0.2, 0.25) is 0 Å². The van der Waals surface area contributed by atoms with Gasteiger partial charge in [0.2, 0.25) is 0 Å². The van der Waals surface area contributed by atoms with Crippen molar-refractivity contribution in [3.05, 3.63) is 0 Å². The van der Waals surface area contributed by atoms with Gasteiger partial charge < -0.3 is 10.2 Å². The third-order valence-corrected chi connectivity index (χ3v) is 5.27. The first-order valence-electron chi connectivity index (χ1n) is 8.57. The molecule has 120 valence electrons. The second-order valence-electron chi connectivity index (χ2n) is 7.27. The molecule has 0 spiro atoms. The van der Waals surface area contributed by atoms with Crippen LogP contribution in [0.15, 0.2) is 4.99 Å². The molecule has 0 saturated carbocycles. The summed E-state index contributed by atoms with van der Waals surface area (Å²) in [5.41, 5.74) is 0. The Kier molecular flexibility index (Phi) is 4.69. The SMILES string of the molecule is CN=C(NCC1CN2CCN1CC2)N1CC(C)CC(C)C1. The zero-order valence-electron chi connectivity index (χ0n) is 13.9. The largest absolute Gasteiger partial charge is 0.355 e. The van der Waals surface area contributed by atoms with Crippen LogP contribution in [0.3, 0.4) is 0 Å². The molecule has 4 rings (SSSR count). The summed E-state index contributed by atoms with van der Waals surface area (Å²) in [7, 11) is 1.92. The molecule has 4 heterocycles. The van der Waals surface area contributed by atoms with Crippen LogP contribution in [0, 0.1) is 11.8 Å². The predicted octanol–water partition coefficient (Wildman–Crippen LogP) is 0.540. The average molecular weight is 293 g/mol. The van der Waals surface area contributed by atoms with Crippen LogP contribution in [-0.4, -0.2) is 86.1 Å². The molecule has 2 bridgehead atoms. The molecule has 0 aromatic rings. The zero-order chi connectivity index (χ0) is 14.8. The molecule has 3 unspecified atom stereocenters. The number of hydrogen-bond donors (Lipinski definition) is 1. The van der Waals surface area contributed by atoms with Crippen molar-refractivity contribution in [2.45, 2.75) is 26.3 Å². The van der Waals surface area contributed by atoms with Gasteiger partial charge in [-0.3, -0.25) is 14.8 Å². The Morgan fingerprint density at radius 1 is 1.05 bits per heavy atom. The lowest BCUT2D eigenvalue weighted by atomic mass is 9.92. The van der Waals surface area contributed by atoms with Crippen molar-refractivity contribution in [2.24, 2.45) is 16.8 Å². The van der Waals surface area contributed by atoms with Gasteiger partial charge in [-0.25, -0.2) is 0 Å². The van der Waals surface area contributed by atoms with Gasteiger partial charge in [-0.05, 0) is 18.3 Å². The van der Waals surface area contributed by atoms with Crippen LogP contribution in [0.5, 0.6) is 0 Å². The lowest BCUT2D eigenvalue weighted by Crippen LogP contribution is -2.64. The van der Waals surface area contributed by atoms with Crippen LogP contribution in [0.4, 0.5) is 0 Å². The summed E-state index contributed by atoms with van der Waals surface area (Å²) in [6.07, 6.45) is 1.35. The smallest absolute Gasteiger partial charge is 0.193 e. The Bertz CT molecular complexity index is 365. The molecule has 4 fully saturated rings. The Morgan fingerprint density at radius 2 is 1.71 bits per heavy atom. The molecule has 4 aliphatic heterocycles. The van der Waals surface area contributed by atoms with Crippen LogP contribution >= 0.6 is 0 Å².